The fourth-order valence-electron chi connectivity index (χ4n) is 1.25. The van der Waals surface area contributed by atoms with Crippen LogP contribution < -0.4 is 5.32 Å². The van der Waals surface area contributed by atoms with Crippen molar-refractivity contribution >= 4 is 0 Å². The van der Waals surface area contributed by atoms with Crippen molar-refractivity contribution in [1.82, 2.24) is 5.32 Å². The van der Waals surface area contributed by atoms with Crippen molar-refractivity contribution in [1.29, 1.82) is 0 Å². The van der Waals surface area contributed by atoms with E-state index >= 15 is 0 Å². The SMILES string of the molecule is CCC(CC)NCCCOCC(F)(F)F. The lowest BCUT2D eigenvalue weighted by Crippen LogP contribution is -2.29. The highest BCUT2D eigenvalue weighted by atomic mass is 19.4. The first kappa shape index (κ1) is 14.7. The molecule has 0 saturated heterocycles. The molecule has 1 N–H and O–H groups in total. The van der Waals surface area contributed by atoms with Crippen molar-refractivity contribution in [2.24, 2.45) is 0 Å². The Morgan fingerprint density at radius 3 is 2.27 bits per heavy atom. The molecule has 0 heterocycles. The third-order valence-corrected chi connectivity index (χ3v) is 2.15. The monoisotopic (exact) mass is 227 g/mol. The van der Waals surface area contributed by atoms with Crippen molar-refractivity contribution in [2.75, 3.05) is 19.8 Å². The predicted molar refractivity (Wildman–Crippen MR) is 53.9 cm³/mol. The maximum Gasteiger partial charge on any atom is 0.411 e. The Hall–Kier alpha value is -0.290. The number of halogens is 3. The van der Waals surface area contributed by atoms with Gasteiger partial charge in [-0.05, 0) is 25.8 Å². The van der Waals surface area contributed by atoms with Crippen LogP contribution in [0.25, 0.3) is 0 Å². The summed E-state index contributed by atoms with van der Waals surface area (Å²) >= 11 is 0. The average molecular weight is 227 g/mol. The highest BCUT2D eigenvalue weighted by Gasteiger charge is 2.27. The van der Waals surface area contributed by atoms with Crippen molar-refractivity contribution in [3.63, 3.8) is 0 Å². The van der Waals surface area contributed by atoms with Gasteiger partial charge in [-0.25, -0.2) is 0 Å². The summed E-state index contributed by atoms with van der Waals surface area (Å²) in [5.74, 6) is 0. The third kappa shape index (κ3) is 10.0. The number of ether oxygens (including phenoxy) is 1. The van der Waals surface area contributed by atoms with E-state index in [1.807, 2.05) is 0 Å². The molecule has 0 aromatic carbocycles. The molecule has 0 atom stereocenters. The fourth-order valence-corrected chi connectivity index (χ4v) is 1.25. The molecule has 0 aromatic heterocycles. The molecule has 92 valence electrons. The molecule has 0 saturated carbocycles. The summed E-state index contributed by atoms with van der Waals surface area (Å²) in [6.45, 7) is 3.90. The largest absolute Gasteiger partial charge is 0.411 e. The van der Waals surface area contributed by atoms with Gasteiger partial charge in [0.1, 0.15) is 6.61 Å². The van der Waals surface area contributed by atoms with Gasteiger partial charge in [-0.2, -0.15) is 13.2 Å². The lowest BCUT2D eigenvalue weighted by molar-refractivity contribution is -0.173. The molecule has 0 aromatic rings. The minimum absolute atomic E-state index is 0.159. The lowest BCUT2D eigenvalue weighted by atomic mass is 10.2. The highest BCUT2D eigenvalue weighted by molar-refractivity contribution is 4.61. The maximum absolute atomic E-state index is 11.7. The molecule has 0 radical (unpaired) electrons. The van der Waals surface area contributed by atoms with E-state index in [2.05, 4.69) is 23.9 Å². The van der Waals surface area contributed by atoms with E-state index in [1.54, 1.807) is 0 Å². The molecule has 0 unspecified atom stereocenters. The first-order valence-corrected chi connectivity index (χ1v) is 5.37. The van der Waals surface area contributed by atoms with Gasteiger partial charge in [-0.15, -0.1) is 0 Å². The molecule has 0 aliphatic rings. The van der Waals surface area contributed by atoms with Crippen LogP contribution in [0.1, 0.15) is 33.1 Å². The molecular formula is C10H20F3NO. The van der Waals surface area contributed by atoms with Gasteiger partial charge in [-0.1, -0.05) is 13.8 Å². The van der Waals surface area contributed by atoms with Crippen LogP contribution in [0.3, 0.4) is 0 Å². The van der Waals surface area contributed by atoms with Gasteiger partial charge >= 0.3 is 6.18 Å². The van der Waals surface area contributed by atoms with Gasteiger partial charge in [0.25, 0.3) is 0 Å². The first-order valence-electron chi connectivity index (χ1n) is 5.37. The molecule has 0 bridgehead atoms. The Labute approximate surface area is 89.2 Å². The van der Waals surface area contributed by atoms with Crippen LogP contribution in [0.5, 0.6) is 0 Å². The summed E-state index contributed by atoms with van der Waals surface area (Å²) in [5, 5.41) is 3.26. The second-order valence-electron chi connectivity index (χ2n) is 3.49. The van der Waals surface area contributed by atoms with Crippen LogP contribution >= 0.6 is 0 Å². The number of rotatable bonds is 8. The Morgan fingerprint density at radius 1 is 1.20 bits per heavy atom. The molecule has 0 spiro atoms. The van der Waals surface area contributed by atoms with E-state index in [-0.39, 0.29) is 6.61 Å². The Kier molecular flexibility index (Phi) is 7.78. The van der Waals surface area contributed by atoms with Gasteiger partial charge in [0, 0.05) is 12.6 Å². The number of alkyl halides is 3. The highest BCUT2D eigenvalue weighted by Crippen LogP contribution is 2.14. The van der Waals surface area contributed by atoms with E-state index < -0.39 is 12.8 Å². The summed E-state index contributed by atoms with van der Waals surface area (Å²) < 4.78 is 39.5. The predicted octanol–water partition coefficient (Wildman–Crippen LogP) is 2.73. The Morgan fingerprint density at radius 2 is 1.80 bits per heavy atom. The molecule has 0 fully saturated rings. The zero-order valence-electron chi connectivity index (χ0n) is 9.36. The zero-order chi connectivity index (χ0) is 11.7. The van der Waals surface area contributed by atoms with Crippen molar-refractivity contribution in [3.05, 3.63) is 0 Å². The summed E-state index contributed by atoms with van der Waals surface area (Å²) in [6, 6.07) is 0.465. The minimum atomic E-state index is -4.21. The van der Waals surface area contributed by atoms with E-state index in [4.69, 9.17) is 0 Å². The quantitative estimate of drug-likeness (QED) is 0.644. The fraction of sp³-hybridized carbons (Fsp3) is 1.00. The molecule has 0 amide bonds. The van der Waals surface area contributed by atoms with Crippen molar-refractivity contribution in [2.45, 2.75) is 45.3 Å². The molecule has 0 rings (SSSR count). The Bertz CT molecular complexity index is 146. The minimum Gasteiger partial charge on any atom is -0.372 e. The van der Waals surface area contributed by atoms with E-state index in [1.165, 1.54) is 0 Å². The van der Waals surface area contributed by atoms with Crippen LogP contribution in [0.2, 0.25) is 0 Å². The summed E-state index contributed by atoms with van der Waals surface area (Å²) in [6.07, 6.45) is -1.50. The van der Waals surface area contributed by atoms with E-state index in [0.717, 1.165) is 12.8 Å². The molecule has 0 aliphatic heterocycles. The second kappa shape index (κ2) is 7.93. The lowest BCUT2D eigenvalue weighted by Gasteiger charge is -2.14. The summed E-state index contributed by atoms with van der Waals surface area (Å²) in [4.78, 5) is 0. The van der Waals surface area contributed by atoms with Crippen LogP contribution in [0, 0.1) is 0 Å². The maximum atomic E-state index is 11.7. The van der Waals surface area contributed by atoms with Crippen molar-refractivity contribution in [3.8, 4) is 0 Å². The average Bonchev–Trinajstić information content (AvgIpc) is 2.15. The van der Waals surface area contributed by atoms with Gasteiger partial charge < -0.3 is 10.1 Å². The summed E-state index contributed by atoms with van der Waals surface area (Å²) in [5.41, 5.74) is 0. The van der Waals surface area contributed by atoms with Crippen molar-refractivity contribution < 1.29 is 17.9 Å². The van der Waals surface area contributed by atoms with Crippen LogP contribution in [-0.2, 0) is 4.74 Å². The third-order valence-electron chi connectivity index (χ3n) is 2.15. The smallest absolute Gasteiger partial charge is 0.372 e. The Balaban J connectivity index is 3.25. The number of hydrogen-bond donors (Lipinski definition) is 1. The first-order chi connectivity index (χ1) is 6.99. The number of hydrogen-bond acceptors (Lipinski definition) is 2. The van der Waals surface area contributed by atoms with Gasteiger partial charge in [0.15, 0.2) is 0 Å². The van der Waals surface area contributed by atoms with Gasteiger partial charge in [-0.3, -0.25) is 0 Å². The zero-order valence-corrected chi connectivity index (χ0v) is 9.36. The normalized spacial score (nSPS) is 12.4. The van der Waals surface area contributed by atoms with E-state index in [9.17, 15) is 13.2 Å². The summed E-state index contributed by atoms with van der Waals surface area (Å²) in [7, 11) is 0. The standard InChI is InChI=1S/C10H20F3NO/c1-3-9(4-2)14-6-5-7-15-8-10(11,12)13/h9,14H,3-8H2,1-2H3. The molecular weight excluding hydrogens is 207 g/mol. The molecule has 2 nitrogen and oxygen atoms in total. The van der Waals surface area contributed by atoms with Crippen LogP contribution in [-0.4, -0.2) is 32.0 Å². The van der Waals surface area contributed by atoms with Crippen LogP contribution in [0.15, 0.2) is 0 Å². The number of nitrogens with one attached hydrogen (secondary N) is 1. The van der Waals surface area contributed by atoms with Gasteiger partial charge in [0.05, 0.1) is 0 Å². The second-order valence-corrected chi connectivity index (χ2v) is 3.49. The molecule has 0 aliphatic carbocycles. The topological polar surface area (TPSA) is 21.3 Å². The van der Waals surface area contributed by atoms with Gasteiger partial charge in [0.2, 0.25) is 0 Å². The van der Waals surface area contributed by atoms with Crippen LogP contribution in [0.4, 0.5) is 13.2 Å². The molecule has 15 heavy (non-hydrogen) atoms. The molecule has 5 heteroatoms. The van der Waals surface area contributed by atoms with E-state index in [0.29, 0.717) is 19.0 Å².